The van der Waals surface area contributed by atoms with Crippen LogP contribution < -0.4 is 10.1 Å². The topological polar surface area (TPSA) is 75.7 Å². The highest BCUT2D eigenvalue weighted by Gasteiger charge is 2.30. The van der Waals surface area contributed by atoms with Crippen LogP contribution in [0, 0.1) is 27.7 Å². The number of benzene rings is 2. The van der Waals surface area contributed by atoms with Crippen molar-refractivity contribution in [3.05, 3.63) is 58.7 Å². The molecule has 0 radical (unpaired) electrons. The third-order valence-corrected chi connectivity index (χ3v) is 7.52. The number of amides is 1. The van der Waals surface area contributed by atoms with Gasteiger partial charge in [-0.25, -0.2) is 8.42 Å². The zero-order valence-corrected chi connectivity index (χ0v) is 18.9. The Morgan fingerprint density at radius 2 is 1.60 bits per heavy atom. The number of sulfonamides is 1. The molecule has 0 bridgehead atoms. The van der Waals surface area contributed by atoms with E-state index < -0.39 is 10.0 Å². The third-order valence-electron chi connectivity index (χ3n) is 5.46. The van der Waals surface area contributed by atoms with E-state index >= 15 is 0 Å². The molecule has 2 aromatic carbocycles. The molecule has 0 saturated carbocycles. The summed E-state index contributed by atoms with van der Waals surface area (Å²) in [7, 11) is -3.52. The van der Waals surface area contributed by atoms with E-state index in [-0.39, 0.29) is 18.6 Å². The number of hydrogen-bond acceptors (Lipinski definition) is 4. The predicted molar refractivity (Wildman–Crippen MR) is 117 cm³/mol. The Labute approximate surface area is 179 Å². The van der Waals surface area contributed by atoms with Crippen LogP contribution >= 0.6 is 0 Å². The zero-order chi connectivity index (χ0) is 21.9. The lowest BCUT2D eigenvalue weighted by Gasteiger charge is -2.32. The summed E-state index contributed by atoms with van der Waals surface area (Å²) >= 11 is 0. The number of carbonyl (C=O) groups excluding carboxylic acids is 1. The van der Waals surface area contributed by atoms with Crippen molar-refractivity contribution in [3.63, 3.8) is 0 Å². The van der Waals surface area contributed by atoms with Gasteiger partial charge in [-0.05, 0) is 63.8 Å². The summed E-state index contributed by atoms with van der Waals surface area (Å²) in [4.78, 5) is 12.6. The van der Waals surface area contributed by atoms with Gasteiger partial charge in [0, 0.05) is 19.1 Å². The van der Waals surface area contributed by atoms with E-state index in [9.17, 15) is 13.2 Å². The second kappa shape index (κ2) is 9.18. The van der Waals surface area contributed by atoms with E-state index in [1.165, 1.54) is 4.31 Å². The molecular weight excluding hydrogens is 400 g/mol. The average Bonchev–Trinajstić information content (AvgIpc) is 2.67. The maximum absolute atomic E-state index is 13.0. The molecule has 7 heteroatoms. The molecule has 0 unspecified atom stereocenters. The van der Waals surface area contributed by atoms with Crippen molar-refractivity contribution in [1.29, 1.82) is 0 Å². The fourth-order valence-corrected chi connectivity index (χ4v) is 5.52. The van der Waals surface area contributed by atoms with Crippen molar-refractivity contribution < 1.29 is 17.9 Å². The molecule has 0 aromatic heterocycles. The fourth-order valence-electron chi connectivity index (χ4n) is 3.84. The molecule has 0 spiro atoms. The second-order valence-corrected chi connectivity index (χ2v) is 9.98. The number of nitrogens with zero attached hydrogens (tertiary/aromatic N) is 1. The minimum absolute atomic E-state index is 0.0502. The third kappa shape index (κ3) is 5.21. The predicted octanol–water partition coefficient (Wildman–Crippen LogP) is 3.27. The van der Waals surface area contributed by atoms with E-state index in [0.717, 1.165) is 22.3 Å². The Morgan fingerprint density at radius 3 is 2.20 bits per heavy atom. The molecule has 162 valence electrons. The van der Waals surface area contributed by atoms with Gasteiger partial charge in [-0.1, -0.05) is 35.4 Å². The normalized spacial score (nSPS) is 15.7. The SMILES string of the molecule is Cc1ccc(OCC(=O)NC2CCN(S(=O)(=O)c3ccc(C)cc3C)CC2)c(C)c1. The van der Waals surface area contributed by atoms with E-state index in [0.29, 0.717) is 36.6 Å². The first kappa shape index (κ1) is 22.3. The van der Waals surface area contributed by atoms with E-state index in [1.807, 2.05) is 58.0 Å². The van der Waals surface area contributed by atoms with E-state index in [1.54, 1.807) is 6.07 Å². The van der Waals surface area contributed by atoms with Gasteiger partial charge in [0.25, 0.3) is 5.91 Å². The lowest BCUT2D eigenvalue weighted by Crippen LogP contribution is -2.47. The fraction of sp³-hybridized carbons (Fsp3) is 0.435. The minimum atomic E-state index is -3.52. The first-order chi connectivity index (χ1) is 14.2. The molecule has 1 aliphatic rings. The van der Waals surface area contributed by atoms with Gasteiger partial charge in [0.2, 0.25) is 10.0 Å². The second-order valence-electron chi connectivity index (χ2n) is 8.07. The lowest BCUT2D eigenvalue weighted by atomic mass is 10.1. The highest BCUT2D eigenvalue weighted by molar-refractivity contribution is 7.89. The Bertz CT molecular complexity index is 1030. The number of hydrogen-bond donors (Lipinski definition) is 1. The molecule has 1 saturated heterocycles. The lowest BCUT2D eigenvalue weighted by molar-refractivity contribution is -0.124. The van der Waals surface area contributed by atoms with Crippen LogP contribution in [0.2, 0.25) is 0 Å². The van der Waals surface area contributed by atoms with Crippen LogP contribution in [0.4, 0.5) is 0 Å². The summed E-state index contributed by atoms with van der Waals surface area (Å²) in [6, 6.07) is 11.2. The van der Waals surface area contributed by atoms with Crippen LogP contribution in [0.5, 0.6) is 5.75 Å². The van der Waals surface area contributed by atoms with E-state index in [2.05, 4.69) is 5.32 Å². The van der Waals surface area contributed by atoms with Crippen LogP contribution in [0.3, 0.4) is 0 Å². The highest BCUT2D eigenvalue weighted by atomic mass is 32.2. The number of piperidine rings is 1. The number of rotatable bonds is 6. The Hall–Kier alpha value is -2.38. The molecular formula is C23H30N2O4S. The van der Waals surface area contributed by atoms with Gasteiger partial charge in [0.1, 0.15) is 5.75 Å². The molecule has 0 aliphatic carbocycles. The van der Waals surface area contributed by atoms with Gasteiger partial charge in [0.15, 0.2) is 6.61 Å². The van der Waals surface area contributed by atoms with Gasteiger partial charge < -0.3 is 10.1 Å². The maximum atomic E-state index is 13.0. The summed E-state index contributed by atoms with van der Waals surface area (Å²) in [6.45, 7) is 8.45. The van der Waals surface area contributed by atoms with Crippen molar-refractivity contribution in [2.75, 3.05) is 19.7 Å². The van der Waals surface area contributed by atoms with Crippen molar-refractivity contribution in [2.45, 2.75) is 51.5 Å². The molecule has 1 amide bonds. The Morgan fingerprint density at radius 1 is 1.00 bits per heavy atom. The molecule has 1 aliphatic heterocycles. The van der Waals surface area contributed by atoms with Crippen LogP contribution in [0.15, 0.2) is 41.3 Å². The quantitative estimate of drug-likeness (QED) is 0.763. The molecule has 30 heavy (non-hydrogen) atoms. The number of ether oxygens (including phenoxy) is 1. The van der Waals surface area contributed by atoms with Gasteiger partial charge in [0.05, 0.1) is 4.90 Å². The standard InChI is InChI=1S/C23H30N2O4S/c1-16-5-7-21(18(3)13-16)29-15-23(26)24-20-9-11-25(12-10-20)30(27,28)22-8-6-17(2)14-19(22)4/h5-8,13-14,20H,9-12,15H2,1-4H3,(H,24,26). The number of nitrogens with one attached hydrogen (secondary N) is 1. The molecule has 6 nitrogen and oxygen atoms in total. The Kier molecular flexibility index (Phi) is 6.83. The molecule has 0 atom stereocenters. The molecule has 1 heterocycles. The van der Waals surface area contributed by atoms with Crippen LogP contribution in [0.25, 0.3) is 0 Å². The number of aryl methyl sites for hydroxylation is 4. The van der Waals surface area contributed by atoms with Crippen molar-refractivity contribution >= 4 is 15.9 Å². The van der Waals surface area contributed by atoms with Crippen molar-refractivity contribution in [2.24, 2.45) is 0 Å². The minimum Gasteiger partial charge on any atom is -0.484 e. The summed E-state index contributed by atoms with van der Waals surface area (Å²) in [5, 5.41) is 2.97. The van der Waals surface area contributed by atoms with Crippen molar-refractivity contribution in [1.82, 2.24) is 9.62 Å². The highest BCUT2D eigenvalue weighted by Crippen LogP contribution is 2.24. The average molecular weight is 431 g/mol. The summed E-state index contributed by atoms with van der Waals surface area (Å²) in [6.07, 6.45) is 1.17. The van der Waals surface area contributed by atoms with Gasteiger partial charge in [-0.3, -0.25) is 4.79 Å². The van der Waals surface area contributed by atoms with Gasteiger partial charge >= 0.3 is 0 Å². The monoisotopic (exact) mass is 430 g/mol. The Balaban J connectivity index is 1.52. The van der Waals surface area contributed by atoms with Crippen LogP contribution in [0.1, 0.15) is 35.1 Å². The maximum Gasteiger partial charge on any atom is 0.258 e. The first-order valence-electron chi connectivity index (χ1n) is 10.2. The first-order valence-corrected chi connectivity index (χ1v) is 11.7. The largest absolute Gasteiger partial charge is 0.484 e. The zero-order valence-electron chi connectivity index (χ0n) is 18.1. The summed E-state index contributed by atoms with van der Waals surface area (Å²) in [5.74, 6) is 0.510. The molecule has 2 aromatic rings. The number of carbonyl (C=O) groups is 1. The van der Waals surface area contributed by atoms with Gasteiger partial charge in [-0.15, -0.1) is 0 Å². The van der Waals surface area contributed by atoms with Crippen molar-refractivity contribution in [3.8, 4) is 5.75 Å². The summed E-state index contributed by atoms with van der Waals surface area (Å²) in [5.41, 5.74) is 3.93. The molecule has 3 rings (SSSR count). The van der Waals surface area contributed by atoms with E-state index in [4.69, 9.17) is 4.74 Å². The van der Waals surface area contributed by atoms with Crippen LogP contribution in [-0.4, -0.2) is 44.4 Å². The smallest absolute Gasteiger partial charge is 0.258 e. The molecule has 1 fully saturated rings. The van der Waals surface area contributed by atoms with Gasteiger partial charge in [-0.2, -0.15) is 4.31 Å². The molecule has 1 N–H and O–H groups in total. The summed E-state index contributed by atoms with van der Waals surface area (Å²) < 4.78 is 33.1. The van der Waals surface area contributed by atoms with Crippen LogP contribution in [-0.2, 0) is 14.8 Å².